The zero-order chi connectivity index (χ0) is 20.8. The number of nitrogens with two attached hydrogens (primary N) is 1. The number of nitrogens with zero attached hydrogens (tertiary/aromatic N) is 2. The molecular weight excluding hydrogens is 356 g/mol. The molecule has 0 aliphatic carbocycles. The summed E-state index contributed by atoms with van der Waals surface area (Å²) >= 11 is 0. The molecule has 7 nitrogen and oxygen atoms in total. The van der Waals surface area contributed by atoms with Crippen LogP contribution in [0.15, 0.2) is 42.5 Å². The topological polar surface area (TPSA) is 95.7 Å². The number of nitrogen functional groups attached to an aromatic ring is 1. The molecule has 0 aliphatic rings. The van der Waals surface area contributed by atoms with Gasteiger partial charge < -0.3 is 16.0 Å². The molecule has 0 fully saturated rings. The summed E-state index contributed by atoms with van der Waals surface area (Å²) in [5.74, 6) is -2.43. The molecule has 2 aromatic carbocycles. The van der Waals surface area contributed by atoms with E-state index in [0.717, 1.165) is 29.2 Å². The number of hydrogen-bond donors (Lipinski definition) is 2. The molecule has 0 saturated heterocycles. The van der Waals surface area contributed by atoms with Crippen LogP contribution < -0.4 is 20.9 Å². The number of imide groups is 1. The molecule has 28 heavy (non-hydrogen) atoms. The average Bonchev–Trinajstić information content (AvgIpc) is 2.64. The molecule has 2 aromatic rings. The molecule has 7 heteroatoms. The Morgan fingerprint density at radius 1 is 1.00 bits per heavy atom. The highest BCUT2D eigenvalue weighted by molar-refractivity contribution is 6.48. The van der Waals surface area contributed by atoms with Crippen LogP contribution in [0.25, 0.3) is 0 Å². The van der Waals surface area contributed by atoms with E-state index in [0.29, 0.717) is 11.4 Å². The largest absolute Gasteiger partial charge is 0.399 e. The monoisotopic (exact) mass is 382 g/mol. The molecule has 0 saturated carbocycles. The van der Waals surface area contributed by atoms with E-state index >= 15 is 0 Å². The van der Waals surface area contributed by atoms with E-state index in [1.807, 2.05) is 19.1 Å². The lowest BCUT2D eigenvalue weighted by Crippen LogP contribution is -2.42. The van der Waals surface area contributed by atoms with Crippen LogP contribution in [0.4, 0.5) is 22.7 Å². The zero-order valence-electron chi connectivity index (χ0n) is 16.7. The summed E-state index contributed by atoms with van der Waals surface area (Å²) in [6, 6.07) is 11.9. The second-order valence-electron chi connectivity index (χ2n) is 6.38. The lowest BCUT2D eigenvalue weighted by Gasteiger charge is -2.22. The number of anilines is 4. The van der Waals surface area contributed by atoms with Crippen molar-refractivity contribution in [3.05, 3.63) is 48.0 Å². The Bertz CT molecular complexity index is 891. The molecule has 0 radical (unpaired) electrons. The first-order valence-electron chi connectivity index (χ1n) is 9.15. The standard InChI is InChI=1S/C21H26N4O3/c1-5-24(6-2)17-10-11-19(14(3)12-17)23-20(27)21(28)25(15(4)26)18-9-7-8-16(22)13-18/h7-13H,5-6,22H2,1-4H3,(H,23,27). The van der Waals surface area contributed by atoms with Crippen molar-refractivity contribution in [3.8, 4) is 0 Å². The van der Waals surface area contributed by atoms with Crippen molar-refractivity contribution < 1.29 is 14.4 Å². The minimum atomic E-state index is -0.967. The highest BCUT2D eigenvalue weighted by atomic mass is 16.2. The van der Waals surface area contributed by atoms with E-state index in [4.69, 9.17) is 5.73 Å². The van der Waals surface area contributed by atoms with Crippen molar-refractivity contribution in [2.75, 3.05) is 33.9 Å². The maximum absolute atomic E-state index is 12.6. The van der Waals surface area contributed by atoms with Crippen molar-refractivity contribution in [1.82, 2.24) is 0 Å². The molecule has 0 atom stereocenters. The van der Waals surface area contributed by atoms with E-state index in [1.165, 1.54) is 13.0 Å². The minimum absolute atomic E-state index is 0.251. The molecule has 148 valence electrons. The Labute approximate surface area is 165 Å². The van der Waals surface area contributed by atoms with Gasteiger partial charge in [0.25, 0.3) is 0 Å². The van der Waals surface area contributed by atoms with Crippen molar-refractivity contribution in [3.63, 3.8) is 0 Å². The number of aryl methyl sites for hydroxylation is 1. The summed E-state index contributed by atoms with van der Waals surface area (Å²) < 4.78 is 0. The Hall–Kier alpha value is -3.35. The fourth-order valence-electron chi connectivity index (χ4n) is 2.96. The third-order valence-electron chi connectivity index (χ3n) is 4.43. The molecule has 0 spiro atoms. The number of rotatable bonds is 5. The van der Waals surface area contributed by atoms with Crippen molar-refractivity contribution in [2.24, 2.45) is 0 Å². The van der Waals surface area contributed by atoms with E-state index < -0.39 is 17.7 Å². The quantitative estimate of drug-likeness (QED) is 0.612. The predicted octanol–water partition coefficient (Wildman–Crippen LogP) is 2.94. The van der Waals surface area contributed by atoms with Gasteiger partial charge in [0, 0.05) is 37.1 Å². The van der Waals surface area contributed by atoms with Gasteiger partial charge in [0.2, 0.25) is 5.91 Å². The second-order valence-corrected chi connectivity index (χ2v) is 6.38. The Kier molecular flexibility index (Phi) is 6.76. The summed E-state index contributed by atoms with van der Waals surface area (Å²) in [6.07, 6.45) is 0. The molecule has 2 rings (SSSR count). The van der Waals surface area contributed by atoms with Gasteiger partial charge in [-0.1, -0.05) is 6.07 Å². The predicted molar refractivity (Wildman–Crippen MR) is 112 cm³/mol. The van der Waals surface area contributed by atoms with Crippen LogP contribution in [0, 0.1) is 6.92 Å². The number of nitrogens with one attached hydrogen (secondary N) is 1. The summed E-state index contributed by atoms with van der Waals surface area (Å²) in [5.41, 5.74) is 8.74. The average molecular weight is 382 g/mol. The Morgan fingerprint density at radius 2 is 1.68 bits per heavy atom. The first-order valence-corrected chi connectivity index (χ1v) is 9.15. The van der Waals surface area contributed by atoms with Crippen molar-refractivity contribution >= 4 is 40.5 Å². The van der Waals surface area contributed by atoms with E-state index in [1.54, 1.807) is 24.3 Å². The lowest BCUT2D eigenvalue weighted by molar-refractivity contribution is -0.136. The number of carbonyl (C=O) groups is 3. The maximum Gasteiger partial charge on any atom is 0.323 e. The van der Waals surface area contributed by atoms with E-state index in [9.17, 15) is 14.4 Å². The third kappa shape index (κ3) is 4.68. The van der Waals surface area contributed by atoms with Crippen molar-refractivity contribution in [1.29, 1.82) is 0 Å². The van der Waals surface area contributed by atoms with Gasteiger partial charge in [-0.05, 0) is 62.7 Å². The summed E-state index contributed by atoms with van der Waals surface area (Å²) in [6.45, 7) is 8.95. The molecule has 0 bridgehead atoms. The second kappa shape index (κ2) is 9.03. The first kappa shape index (κ1) is 21.0. The number of amides is 3. The van der Waals surface area contributed by atoms with Gasteiger partial charge in [-0.15, -0.1) is 0 Å². The van der Waals surface area contributed by atoms with E-state index in [2.05, 4.69) is 24.1 Å². The summed E-state index contributed by atoms with van der Waals surface area (Å²) in [5, 5.41) is 2.60. The van der Waals surface area contributed by atoms with Crippen LogP contribution in [0.5, 0.6) is 0 Å². The van der Waals surface area contributed by atoms with Gasteiger partial charge >= 0.3 is 11.8 Å². The van der Waals surface area contributed by atoms with Gasteiger partial charge in [0.05, 0.1) is 5.69 Å². The third-order valence-corrected chi connectivity index (χ3v) is 4.43. The molecular formula is C21H26N4O3. The van der Waals surface area contributed by atoms with Crippen LogP contribution >= 0.6 is 0 Å². The van der Waals surface area contributed by atoms with Crippen LogP contribution in [0.2, 0.25) is 0 Å². The normalized spacial score (nSPS) is 10.3. The van der Waals surface area contributed by atoms with Gasteiger partial charge in [-0.2, -0.15) is 0 Å². The van der Waals surface area contributed by atoms with Crippen LogP contribution in [0.1, 0.15) is 26.3 Å². The SMILES string of the molecule is CCN(CC)c1ccc(NC(=O)C(=O)N(C(C)=O)c2cccc(N)c2)c(C)c1. The molecule has 3 amide bonds. The molecule has 0 heterocycles. The van der Waals surface area contributed by atoms with Crippen LogP contribution in [-0.2, 0) is 14.4 Å². The van der Waals surface area contributed by atoms with Gasteiger partial charge in [-0.3, -0.25) is 14.4 Å². The number of benzene rings is 2. The highest BCUT2D eigenvalue weighted by Gasteiger charge is 2.27. The van der Waals surface area contributed by atoms with Gasteiger partial charge in [0.1, 0.15) is 0 Å². The maximum atomic E-state index is 12.6. The van der Waals surface area contributed by atoms with E-state index in [-0.39, 0.29) is 5.69 Å². The molecule has 3 N–H and O–H groups in total. The van der Waals surface area contributed by atoms with Gasteiger partial charge in [-0.25, -0.2) is 4.90 Å². The summed E-state index contributed by atoms with van der Waals surface area (Å²) in [4.78, 5) is 40.1. The Balaban J connectivity index is 2.23. The molecule has 0 aliphatic heterocycles. The molecule has 0 aromatic heterocycles. The van der Waals surface area contributed by atoms with Crippen molar-refractivity contribution in [2.45, 2.75) is 27.7 Å². The minimum Gasteiger partial charge on any atom is -0.399 e. The molecule has 0 unspecified atom stereocenters. The fraction of sp³-hybridized carbons (Fsp3) is 0.286. The first-order chi connectivity index (χ1) is 13.3. The van der Waals surface area contributed by atoms with Gasteiger partial charge in [0.15, 0.2) is 0 Å². The Morgan fingerprint density at radius 3 is 2.21 bits per heavy atom. The smallest absolute Gasteiger partial charge is 0.323 e. The van der Waals surface area contributed by atoms with Crippen LogP contribution in [-0.4, -0.2) is 30.8 Å². The number of carbonyl (C=O) groups excluding carboxylic acids is 3. The highest BCUT2D eigenvalue weighted by Crippen LogP contribution is 2.23. The zero-order valence-corrected chi connectivity index (χ0v) is 16.7. The number of hydrogen-bond acceptors (Lipinski definition) is 5. The van der Waals surface area contributed by atoms with Crippen LogP contribution in [0.3, 0.4) is 0 Å². The lowest BCUT2D eigenvalue weighted by atomic mass is 10.1. The summed E-state index contributed by atoms with van der Waals surface area (Å²) in [7, 11) is 0. The fourth-order valence-corrected chi connectivity index (χ4v) is 2.96.